The smallest absolute Gasteiger partial charge is 0.270 e. The summed E-state index contributed by atoms with van der Waals surface area (Å²) in [5.74, 6) is -6.13. The number of benzene rings is 2. The number of nitrogens with one attached hydrogen (secondary N) is 1. The Labute approximate surface area is 188 Å². The van der Waals surface area contributed by atoms with Crippen molar-refractivity contribution in [2.45, 2.75) is 32.7 Å². The molecule has 2 aromatic rings. The standard InChI is InChI=1S/C23H23F3N4O3/c1-2-12-29(14-19(31)27-17-9-8-16(24)21(25)22(17)26)23(33)18-10-11-20(32)30(28-18)13-15-6-4-3-5-7-15/h3-9H,2,10-14H2,1H3,(H,27,31). The second kappa shape index (κ2) is 10.8. The monoisotopic (exact) mass is 460 g/mol. The van der Waals surface area contributed by atoms with E-state index in [0.717, 1.165) is 11.6 Å². The Morgan fingerprint density at radius 1 is 1.06 bits per heavy atom. The quantitative estimate of drug-likeness (QED) is 0.613. The first-order valence-electron chi connectivity index (χ1n) is 10.4. The van der Waals surface area contributed by atoms with Crippen molar-refractivity contribution in [1.82, 2.24) is 9.91 Å². The normalized spacial score (nSPS) is 13.5. The zero-order valence-electron chi connectivity index (χ0n) is 18.0. The van der Waals surface area contributed by atoms with Crippen LogP contribution < -0.4 is 5.32 Å². The molecule has 0 unspecified atom stereocenters. The maximum atomic E-state index is 13.8. The van der Waals surface area contributed by atoms with E-state index in [0.29, 0.717) is 12.5 Å². The fourth-order valence-corrected chi connectivity index (χ4v) is 3.33. The van der Waals surface area contributed by atoms with Crippen molar-refractivity contribution < 1.29 is 27.6 Å². The van der Waals surface area contributed by atoms with Gasteiger partial charge in [0.05, 0.1) is 12.2 Å². The van der Waals surface area contributed by atoms with Gasteiger partial charge in [0.15, 0.2) is 17.5 Å². The number of hydrogen-bond acceptors (Lipinski definition) is 4. The number of anilines is 1. The second-order valence-electron chi connectivity index (χ2n) is 7.48. The maximum absolute atomic E-state index is 13.8. The van der Waals surface area contributed by atoms with Crippen molar-refractivity contribution in [2.24, 2.45) is 5.10 Å². The number of carbonyl (C=O) groups excluding carboxylic acids is 3. The summed E-state index contributed by atoms with van der Waals surface area (Å²) >= 11 is 0. The van der Waals surface area contributed by atoms with Gasteiger partial charge in [-0.2, -0.15) is 5.10 Å². The lowest BCUT2D eigenvalue weighted by Crippen LogP contribution is -2.44. The van der Waals surface area contributed by atoms with E-state index in [-0.39, 0.29) is 37.6 Å². The molecule has 1 N–H and O–H groups in total. The molecular weight excluding hydrogens is 437 g/mol. The molecule has 0 bridgehead atoms. The summed E-state index contributed by atoms with van der Waals surface area (Å²) in [6.45, 7) is 1.77. The molecule has 0 atom stereocenters. The van der Waals surface area contributed by atoms with Crippen molar-refractivity contribution in [3.8, 4) is 0 Å². The lowest BCUT2D eigenvalue weighted by Gasteiger charge is -2.27. The molecule has 3 amide bonds. The summed E-state index contributed by atoms with van der Waals surface area (Å²) in [4.78, 5) is 38.9. The van der Waals surface area contributed by atoms with E-state index < -0.39 is 41.5 Å². The minimum atomic E-state index is -1.70. The summed E-state index contributed by atoms with van der Waals surface area (Å²) < 4.78 is 40.4. The van der Waals surface area contributed by atoms with Crippen LogP contribution in [0.3, 0.4) is 0 Å². The predicted octanol–water partition coefficient (Wildman–Crippen LogP) is 3.46. The fraction of sp³-hybridized carbons (Fsp3) is 0.304. The molecular formula is C23H23F3N4O3. The Balaban J connectivity index is 1.72. The highest BCUT2D eigenvalue weighted by atomic mass is 19.2. The molecule has 1 aliphatic heterocycles. The molecule has 174 valence electrons. The Morgan fingerprint density at radius 2 is 1.79 bits per heavy atom. The molecule has 0 aromatic heterocycles. The van der Waals surface area contributed by atoms with Crippen molar-refractivity contribution in [2.75, 3.05) is 18.4 Å². The van der Waals surface area contributed by atoms with Crippen molar-refractivity contribution in [3.63, 3.8) is 0 Å². The van der Waals surface area contributed by atoms with Gasteiger partial charge in [-0.05, 0) is 24.1 Å². The van der Waals surface area contributed by atoms with Crippen LogP contribution >= 0.6 is 0 Å². The van der Waals surface area contributed by atoms with Crippen LogP contribution in [0.4, 0.5) is 18.9 Å². The van der Waals surface area contributed by atoms with Crippen LogP contribution in [0.1, 0.15) is 31.7 Å². The van der Waals surface area contributed by atoms with Gasteiger partial charge < -0.3 is 10.2 Å². The highest BCUT2D eigenvalue weighted by Gasteiger charge is 2.28. The third-order valence-electron chi connectivity index (χ3n) is 4.95. The Hall–Kier alpha value is -3.69. The number of rotatable bonds is 8. The van der Waals surface area contributed by atoms with Crippen molar-refractivity contribution in [3.05, 3.63) is 65.5 Å². The van der Waals surface area contributed by atoms with Crippen LogP contribution in [0.2, 0.25) is 0 Å². The van der Waals surface area contributed by atoms with Crippen LogP contribution in [0.5, 0.6) is 0 Å². The molecule has 2 aromatic carbocycles. The second-order valence-corrected chi connectivity index (χ2v) is 7.48. The zero-order chi connectivity index (χ0) is 24.0. The first-order chi connectivity index (χ1) is 15.8. The van der Waals surface area contributed by atoms with E-state index in [2.05, 4.69) is 10.4 Å². The summed E-state index contributed by atoms with van der Waals surface area (Å²) in [6.07, 6.45) is 0.755. The van der Waals surface area contributed by atoms with E-state index in [1.165, 1.54) is 9.91 Å². The number of carbonyl (C=O) groups is 3. The molecule has 0 fully saturated rings. The minimum absolute atomic E-state index is 0.101. The van der Waals surface area contributed by atoms with E-state index in [1.54, 1.807) is 6.92 Å². The van der Waals surface area contributed by atoms with Crippen molar-refractivity contribution >= 4 is 29.1 Å². The van der Waals surface area contributed by atoms with Crippen LogP contribution in [-0.4, -0.2) is 46.4 Å². The van der Waals surface area contributed by atoms with Crippen LogP contribution in [0, 0.1) is 17.5 Å². The molecule has 3 rings (SSSR count). The van der Waals surface area contributed by atoms with Crippen LogP contribution in [0.15, 0.2) is 47.6 Å². The molecule has 1 heterocycles. The maximum Gasteiger partial charge on any atom is 0.270 e. The van der Waals surface area contributed by atoms with E-state index in [9.17, 15) is 27.6 Å². The predicted molar refractivity (Wildman–Crippen MR) is 115 cm³/mol. The van der Waals surface area contributed by atoms with Gasteiger partial charge in [0.2, 0.25) is 11.8 Å². The van der Waals surface area contributed by atoms with E-state index in [4.69, 9.17) is 0 Å². The fourth-order valence-electron chi connectivity index (χ4n) is 3.33. The van der Waals surface area contributed by atoms with Gasteiger partial charge in [0.1, 0.15) is 12.3 Å². The molecule has 0 saturated heterocycles. The molecule has 33 heavy (non-hydrogen) atoms. The highest BCUT2D eigenvalue weighted by molar-refractivity contribution is 6.39. The third kappa shape index (κ3) is 5.97. The van der Waals surface area contributed by atoms with E-state index >= 15 is 0 Å². The first kappa shape index (κ1) is 24.0. The van der Waals surface area contributed by atoms with Gasteiger partial charge in [0.25, 0.3) is 5.91 Å². The number of halogens is 3. The third-order valence-corrected chi connectivity index (χ3v) is 4.95. The Bertz CT molecular complexity index is 1080. The zero-order valence-corrected chi connectivity index (χ0v) is 18.0. The summed E-state index contributed by atoms with van der Waals surface area (Å²) in [7, 11) is 0. The van der Waals surface area contributed by atoms with Gasteiger partial charge in [-0.3, -0.25) is 14.4 Å². The van der Waals surface area contributed by atoms with Crippen LogP contribution in [0.25, 0.3) is 0 Å². The molecule has 0 radical (unpaired) electrons. The van der Waals surface area contributed by atoms with Gasteiger partial charge in [-0.15, -0.1) is 0 Å². The van der Waals surface area contributed by atoms with Crippen molar-refractivity contribution in [1.29, 1.82) is 0 Å². The van der Waals surface area contributed by atoms with Gasteiger partial charge in [-0.25, -0.2) is 18.2 Å². The molecule has 1 aliphatic rings. The molecule has 0 saturated carbocycles. The number of hydrogen-bond donors (Lipinski definition) is 1. The van der Waals surface area contributed by atoms with Gasteiger partial charge in [-0.1, -0.05) is 37.3 Å². The summed E-state index contributed by atoms with van der Waals surface area (Å²) in [5, 5.41) is 7.60. The SMILES string of the molecule is CCCN(CC(=O)Nc1ccc(F)c(F)c1F)C(=O)C1=NN(Cc2ccccc2)C(=O)CC1. The summed E-state index contributed by atoms with van der Waals surface area (Å²) in [5.41, 5.74) is 0.449. The topological polar surface area (TPSA) is 82.1 Å². The average Bonchev–Trinajstić information content (AvgIpc) is 2.81. The molecule has 7 nitrogen and oxygen atoms in total. The average molecular weight is 460 g/mol. The van der Waals surface area contributed by atoms with Gasteiger partial charge in [0, 0.05) is 19.4 Å². The summed E-state index contributed by atoms with van der Waals surface area (Å²) in [6, 6.07) is 10.8. The largest absolute Gasteiger partial charge is 0.328 e. The van der Waals surface area contributed by atoms with Gasteiger partial charge >= 0.3 is 0 Å². The molecule has 10 heteroatoms. The molecule has 0 aliphatic carbocycles. The van der Waals surface area contributed by atoms with Crippen LogP contribution in [-0.2, 0) is 20.9 Å². The highest BCUT2D eigenvalue weighted by Crippen LogP contribution is 2.20. The van der Waals surface area contributed by atoms with E-state index in [1.807, 2.05) is 30.3 Å². The number of amides is 3. The first-order valence-corrected chi connectivity index (χ1v) is 10.4. The molecule has 0 spiro atoms. The lowest BCUT2D eigenvalue weighted by molar-refractivity contribution is -0.133. The Morgan fingerprint density at radius 3 is 2.48 bits per heavy atom. The Kier molecular flexibility index (Phi) is 7.81. The minimum Gasteiger partial charge on any atom is -0.328 e. The number of nitrogens with zero attached hydrogens (tertiary/aromatic N) is 3. The lowest BCUT2D eigenvalue weighted by atomic mass is 10.1. The number of hydrazone groups is 1.